The third kappa shape index (κ3) is 1.35. The maximum Gasteiger partial charge on any atom is 0.223 e. The molecular weight excluding hydrogens is 222 g/mol. The fourth-order valence-electron chi connectivity index (χ4n) is 1.56. The van der Waals surface area contributed by atoms with Gasteiger partial charge in [-0.15, -0.1) is 11.3 Å². The van der Waals surface area contributed by atoms with Crippen LogP contribution in [0, 0.1) is 6.92 Å². The van der Waals surface area contributed by atoms with Gasteiger partial charge in [-0.1, -0.05) is 0 Å². The summed E-state index contributed by atoms with van der Waals surface area (Å²) < 4.78 is 1.72. The lowest BCUT2D eigenvalue weighted by molar-refractivity contribution is 0.839. The first kappa shape index (κ1) is 9.29. The topological polar surface area (TPSA) is 69.6 Å². The summed E-state index contributed by atoms with van der Waals surface area (Å²) >= 11 is 1.54. The molecule has 0 amide bonds. The van der Waals surface area contributed by atoms with E-state index in [0.29, 0.717) is 0 Å². The van der Waals surface area contributed by atoms with Gasteiger partial charge in [-0.05, 0) is 24.4 Å². The number of rotatable bonds is 1. The number of hydrogen-bond donors (Lipinski definition) is 1. The number of nitrogens with zero attached hydrogens (tertiary/aromatic N) is 4. The molecule has 0 aliphatic heterocycles. The summed E-state index contributed by atoms with van der Waals surface area (Å²) in [7, 11) is 0. The van der Waals surface area contributed by atoms with E-state index in [4.69, 9.17) is 5.73 Å². The highest BCUT2D eigenvalue weighted by atomic mass is 32.1. The summed E-state index contributed by atoms with van der Waals surface area (Å²) in [6, 6.07) is 3.91. The van der Waals surface area contributed by atoms with Gasteiger partial charge < -0.3 is 5.73 Å². The number of nitrogen functional groups attached to an aromatic ring is 1. The Bertz CT molecular complexity index is 654. The molecule has 0 aliphatic carbocycles. The van der Waals surface area contributed by atoms with Gasteiger partial charge in [-0.25, -0.2) is 9.67 Å². The minimum atomic E-state index is 0.276. The maximum atomic E-state index is 5.67. The van der Waals surface area contributed by atoms with Gasteiger partial charge in [0, 0.05) is 6.20 Å². The van der Waals surface area contributed by atoms with E-state index < -0.39 is 0 Å². The van der Waals surface area contributed by atoms with Crippen LogP contribution in [0.15, 0.2) is 23.7 Å². The SMILES string of the molecule is Cc1ccn(-c2nc(N)nc3sccc23)n1. The minimum Gasteiger partial charge on any atom is -0.368 e. The van der Waals surface area contributed by atoms with Crippen LogP contribution in [-0.2, 0) is 0 Å². The van der Waals surface area contributed by atoms with E-state index in [-0.39, 0.29) is 5.95 Å². The van der Waals surface area contributed by atoms with Crippen molar-refractivity contribution >= 4 is 27.5 Å². The number of anilines is 1. The van der Waals surface area contributed by atoms with Gasteiger partial charge in [0.05, 0.1) is 11.1 Å². The molecule has 6 heteroatoms. The zero-order valence-electron chi connectivity index (χ0n) is 8.58. The van der Waals surface area contributed by atoms with Crippen molar-refractivity contribution in [3.05, 3.63) is 29.4 Å². The Morgan fingerprint density at radius 3 is 2.94 bits per heavy atom. The van der Waals surface area contributed by atoms with Gasteiger partial charge in [0.1, 0.15) is 4.83 Å². The van der Waals surface area contributed by atoms with Crippen LogP contribution < -0.4 is 5.73 Å². The van der Waals surface area contributed by atoms with Crippen LogP contribution in [0.2, 0.25) is 0 Å². The molecular formula is C10H9N5S. The first-order valence-corrected chi connectivity index (χ1v) is 5.65. The van der Waals surface area contributed by atoms with Crippen LogP contribution in [0.4, 0.5) is 5.95 Å². The van der Waals surface area contributed by atoms with Crippen LogP contribution in [-0.4, -0.2) is 19.7 Å². The fourth-order valence-corrected chi connectivity index (χ4v) is 2.33. The van der Waals surface area contributed by atoms with Crippen LogP contribution in [0.25, 0.3) is 16.0 Å². The zero-order chi connectivity index (χ0) is 11.1. The molecule has 0 aliphatic rings. The Morgan fingerprint density at radius 1 is 1.31 bits per heavy atom. The first-order chi connectivity index (χ1) is 7.74. The molecule has 3 heterocycles. The van der Waals surface area contributed by atoms with Crippen LogP contribution in [0.1, 0.15) is 5.69 Å². The zero-order valence-corrected chi connectivity index (χ0v) is 9.40. The van der Waals surface area contributed by atoms with E-state index in [1.807, 2.05) is 30.6 Å². The number of aryl methyl sites for hydroxylation is 1. The molecule has 0 saturated heterocycles. The Balaban J connectivity index is 2.33. The van der Waals surface area contributed by atoms with Crippen molar-refractivity contribution in [2.24, 2.45) is 0 Å². The van der Waals surface area contributed by atoms with Crippen molar-refractivity contribution < 1.29 is 0 Å². The Labute approximate surface area is 95.6 Å². The van der Waals surface area contributed by atoms with E-state index in [1.165, 1.54) is 0 Å². The minimum absolute atomic E-state index is 0.276. The third-order valence-electron chi connectivity index (χ3n) is 2.26. The molecule has 0 radical (unpaired) electrons. The normalized spacial score (nSPS) is 11.1. The van der Waals surface area contributed by atoms with E-state index >= 15 is 0 Å². The summed E-state index contributed by atoms with van der Waals surface area (Å²) in [6.07, 6.45) is 1.87. The first-order valence-electron chi connectivity index (χ1n) is 4.77. The predicted octanol–water partition coefficient (Wildman–Crippen LogP) is 1.77. The molecule has 16 heavy (non-hydrogen) atoms. The Morgan fingerprint density at radius 2 is 2.19 bits per heavy atom. The molecule has 0 atom stereocenters. The predicted molar refractivity (Wildman–Crippen MR) is 63.7 cm³/mol. The van der Waals surface area contributed by atoms with Gasteiger partial charge in [0.2, 0.25) is 5.95 Å². The van der Waals surface area contributed by atoms with Gasteiger partial charge in [0.25, 0.3) is 0 Å². The second-order valence-corrected chi connectivity index (χ2v) is 4.34. The monoisotopic (exact) mass is 231 g/mol. The lowest BCUT2D eigenvalue weighted by Gasteiger charge is -2.02. The second-order valence-electron chi connectivity index (χ2n) is 3.45. The molecule has 0 saturated carbocycles. The number of thiophene rings is 1. The lowest BCUT2D eigenvalue weighted by atomic mass is 10.4. The molecule has 0 spiro atoms. The van der Waals surface area contributed by atoms with Crippen molar-refractivity contribution in [1.82, 2.24) is 19.7 Å². The highest BCUT2D eigenvalue weighted by Gasteiger charge is 2.09. The van der Waals surface area contributed by atoms with Gasteiger partial charge in [0.15, 0.2) is 5.82 Å². The summed E-state index contributed by atoms with van der Waals surface area (Å²) in [5, 5.41) is 7.27. The molecule has 3 aromatic rings. The highest BCUT2D eigenvalue weighted by molar-refractivity contribution is 7.16. The number of aromatic nitrogens is 4. The van der Waals surface area contributed by atoms with Gasteiger partial charge in [-0.3, -0.25) is 0 Å². The van der Waals surface area contributed by atoms with E-state index in [2.05, 4.69) is 15.1 Å². The average molecular weight is 231 g/mol. The standard InChI is InChI=1S/C10H9N5S/c1-6-2-4-15(14-6)8-7-3-5-16-9(7)13-10(11)12-8/h2-5H,1H3,(H2,11,12,13). The summed E-state index contributed by atoms with van der Waals surface area (Å²) in [5.41, 5.74) is 6.62. The van der Waals surface area contributed by atoms with E-state index in [0.717, 1.165) is 21.7 Å². The summed E-state index contributed by atoms with van der Waals surface area (Å²) in [6.45, 7) is 1.94. The molecule has 2 N–H and O–H groups in total. The number of nitrogens with two attached hydrogens (primary N) is 1. The highest BCUT2D eigenvalue weighted by Crippen LogP contribution is 2.24. The Kier molecular flexibility index (Phi) is 1.90. The van der Waals surface area contributed by atoms with Crippen molar-refractivity contribution in [2.45, 2.75) is 6.92 Å². The fraction of sp³-hybridized carbons (Fsp3) is 0.100. The summed E-state index contributed by atoms with van der Waals surface area (Å²) in [4.78, 5) is 9.29. The molecule has 3 rings (SSSR count). The van der Waals surface area contributed by atoms with Crippen LogP contribution >= 0.6 is 11.3 Å². The molecule has 5 nitrogen and oxygen atoms in total. The van der Waals surface area contributed by atoms with Crippen molar-refractivity contribution in [1.29, 1.82) is 0 Å². The molecule has 3 aromatic heterocycles. The summed E-state index contributed by atoms with van der Waals surface area (Å²) in [5.74, 6) is 1.01. The quantitative estimate of drug-likeness (QED) is 0.693. The molecule has 0 bridgehead atoms. The second kappa shape index (κ2) is 3.28. The van der Waals surface area contributed by atoms with Crippen molar-refractivity contribution in [3.63, 3.8) is 0 Å². The van der Waals surface area contributed by atoms with E-state index in [1.54, 1.807) is 16.0 Å². The lowest BCUT2D eigenvalue weighted by Crippen LogP contribution is -2.03. The van der Waals surface area contributed by atoms with Crippen LogP contribution in [0.5, 0.6) is 0 Å². The Hall–Kier alpha value is -1.95. The van der Waals surface area contributed by atoms with Crippen molar-refractivity contribution in [2.75, 3.05) is 5.73 Å². The molecule has 0 aromatic carbocycles. The third-order valence-corrected chi connectivity index (χ3v) is 3.07. The number of hydrogen-bond acceptors (Lipinski definition) is 5. The van der Waals surface area contributed by atoms with Crippen molar-refractivity contribution in [3.8, 4) is 5.82 Å². The molecule has 0 fully saturated rings. The van der Waals surface area contributed by atoms with E-state index in [9.17, 15) is 0 Å². The van der Waals surface area contributed by atoms with Gasteiger partial charge in [-0.2, -0.15) is 10.1 Å². The van der Waals surface area contributed by atoms with Crippen LogP contribution in [0.3, 0.4) is 0 Å². The molecule has 0 unspecified atom stereocenters. The maximum absolute atomic E-state index is 5.67. The van der Waals surface area contributed by atoms with Gasteiger partial charge >= 0.3 is 0 Å². The number of fused-ring (bicyclic) bond motifs is 1. The smallest absolute Gasteiger partial charge is 0.223 e. The largest absolute Gasteiger partial charge is 0.368 e. The average Bonchev–Trinajstić information content (AvgIpc) is 2.84. The molecule has 80 valence electrons.